The number of halogens is 1. The van der Waals surface area contributed by atoms with Gasteiger partial charge in [0.2, 0.25) is 0 Å². The number of non-ortho nitro benzene ring substituents is 1. The van der Waals surface area contributed by atoms with Crippen molar-refractivity contribution in [3.05, 3.63) is 57.9 Å². The smallest absolute Gasteiger partial charge is 0.270 e. The van der Waals surface area contributed by atoms with E-state index in [-0.39, 0.29) is 17.1 Å². The summed E-state index contributed by atoms with van der Waals surface area (Å²) in [5.41, 5.74) is 1.17. The van der Waals surface area contributed by atoms with E-state index < -0.39 is 10.8 Å². The van der Waals surface area contributed by atoms with Crippen LogP contribution in [-0.2, 0) is 4.74 Å². The Labute approximate surface area is 162 Å². The number of rotatable bonds is 4. The van der Waals surface area contributed by atoms with Crippen LogP contribution in [0.25, 0.3) is 10.2 Å². The van der Waals surface area contributed by atoms with Crippen molar-refractivity contribution in [1.82, 2.24) is 4.98 Å². The van der Waals surface area contributed by atoms with E-state index in [4.69, 9.17) is 4.74 Å². The van der Waals surface area contributed by atoms with E-state index in [1.165, 1.54) is 30.3 Å². The first-order valence-electron chi connectivity index (χ1n) is 8.50. The molecule has 1 aromatic heterocycles. The molecule has 0 bridgehead atoms. The fourth-order valence-electron chi connectivity index (χ4n) is 3.02. The van der Waals surface area contributed by atoms with Gasteiger partial charge in [0, 0.05) is 25.2 Å². The summed E-state index contributed by atoms with van der Waals surface area (Å²) >= 11 is 1.14. The second kappa shape index (κ2) is 7.49. The van der Waals surface area contributed by atoms with Gasteiger partial charge in [-0.05, 0) is 24.3 Å². The third-order valence-electron chi connectivity index (χ3n) is 4.36. The van der Waals surface area contributed by atoms with Crippen LogP contribution in [0.5, 0.6) is 0 Å². The first-order chi connectivity index (χ1) is 13.5. The van der Waals surface area contributed by atoms with E-state index >= 15 is 0 Å². The van der Waals surface area contributed by atoms with Crippen LogP contribution in [0, 0.1) is 15.9 Å². The molecule has 0 unspecified atom stereocenters. The van der Waals surface area contributed by atoms with Gasteiger partial charge in [-0.1, -0.05) is 11.3 Å². The number of nitrogens with zero attached hydrogens (tertiary/aromatic N) is 3. The van der Waals surface area contributed by atoms with Crippen LogP contribution >= 0.6 is 11.3 Å². The molecule has 1 aliphatic heterocycles. The van der Waals surface area contributed by atoms with Crippen LogP contribution in [0.4, 0.5) is 20.9 Å². The lowest BCUT2D eigenvalue weighted by molar-refractivity contribution is -0.384. The van der Waals surface area contributed by atoms with Gasteiger partial charge in [0.1, 0.15) is 5.82 Å². The zero-order valence-electron chi connectivity index (χ0n) is 14.6. The minimum Gasteiger partial charge on any atom is -0.378 e. The summed E-state index contributed by atoms with van der Waals surface area (Å²) in [7, 11) is 0. The van der Waals surface area contributed by atoms with Crippen LogP contribution in [0.1, 0.15) is 10.4 Å². The van der Waals surface area contributed by atoms with Crippen molar-refractivity contribution in [3.63, 3.8) is 0 Å². The Bertz CT molecular complexity index is 1060. The molecule has 0 spiro atoms. The van der Waals surface area contributed by atoms with Crippen LogP contribution in [-0.4, -0.2) is 42.1 Å². The molecule has 3 aromatic rings. The third-order valence-corrected chi connectivity index (χ3v) is 5.29. The van der Waals surface area contributed by atoms with Crippen LogP contribution in [0.3, 0.4) is 0 Å². The second-order valence-electron chi connectivity index (χ2n) is 6.14. The lowest BCUT2D eigenvalue weighted by Crippen LogP contribution is -2.37. The topological polar surface area (TPSA) is 97.6 Å². The van der Waals surface area contributed by atoms with E-state index in [2.05, 4.69) is 10.3 Å². The highest BCUT2D eigenvalue weighted by Gasteiger charge is 2.23. The van der Waals surface area contributed by atoms with Crippen molar-refractivity contribution >= 4 is 44.0 Å². The fourth-order valence-corrected chi connectivity index (χ4v) is 3.90. The molecule has 2 heterocycles. The number of anilines is 2. The molecule has 144 valence electrons. The number of nitro groups is 1. The Morgan fingerprint density at radius 3 is 2.79 bits per heavy atom. The summed E-state index contributed by atoms with van der Waals surface area (Å²) < 4.78 is 19.3. The van der Waals surface area contributed by atoms with Crippen LogP contribution < -0.4 is 10.2 Å². The van der Waals surface area contributed by atoms with Gasteiger partial charge in [-0.2, -0.15) is 0 Å². The van der Waals surface area contributed by atoms with Gasteiger partial charge in [-0.25, -0.2) is 9.37 Å². The molecule has 1 N–H and O–H groups in total. The normalized spacial score (nSPS) is 14.2. The Hall–Kier alpha value is -3.11. The quantitative estimate of drug-likeness (QED) is 0.530. The molecule has 10 heteroatoms. The zero-order valence-corrected chi connectivity index (χ0v) is 15.4. The van der Waals surface area contributed by atoms with Crippen molar-refractivity contribution in [2.45, 2.75) is 0 Å². The summed E-state index contributed by atoms with van der Waals surface area (Å²) in [6, 6.07) is 8.38. The minimum absolute atomic E-state index is 0.173. The molecular formula is C18H15FN4O4S. The second-order valence-corrected chi connectivity index (χ2v) is 7.17. The maximum atomic E-state index is 13.4. The number of ether oxygens (including phenoxy) is 1. The molecular weight excluding hydrogens is 387 g/mol. The molecule has 2 aromatic carbocycles. The summed E-state index contributed by atoms with van der Waals surface area (Å²) in [6.07, 6.45) is 0. The lowest BCUT2D eigenvalue weighted by Gasteiger charge is -2.30. The van der Waals surface area contributed by atoms with Gasteiger partial charge in [0.25, 0.3) is 11.6 Å². The number of nitro benzene ring substituents is 1. The number of hydrogen-bond acceptors (Lipinski definition) is 7. The SMILES string of the molecule is O=C(Nc1nc2ccc(F)cc2s1)c1cc([N+](=O)[O-])ccc1N1CCOCC1. The largest absolute Gasteiger partial charge is 0.378 e. The molecule has 0 radical (unpaired) electrons. The van der Waals surface area contributed by atoms with Gasteiger partial charge < -0.3 is 9.64 Å². The monoisotopic (exact) mass is 402 g/mol. The molecule has 0 aliphatic carbocycles. The molecule has 1 amide bonds. The Kier molecular flexibility index (Phi) is 4.88. The molecule has 28 heavy (non-hydrogen) atoms. The highest BCUT2D eigenvalue weighted by Crippen LogP contribution is 2.30. The first-order valence-corrected chi connectivity index (χ1v) is 9.31. The minimum atomic E-state index is -0.541. The highest BCUT2D eigenvalue weighted by atomic mass is 32.1. The van der Waals surface area contributed by atoms with E-state index in [0.29, 0.717) is 47.3 Å². The number of thiazole rings is 1. The van der Waals surface area contributed by atoms with Crippen LogP contribution in [0.15, 0.2) is 36.4 Å². The van der Waals surface area contributed by atoms with Crippen molar-refractivity contribution in [2.24, 2.45) is 0 Å². The molecule has 1 saturated heterocycles. The number of fused-ring (bicyclic) bond motifs is 1. The number of morpholine rings is 1. The molecule has 0 saturated carbocycles. The van der Waals surface area contributed by atoms with Gasteiger partial charge in [0.15, 0.2) is 5.13 Å². The van der Waals surface area contributed by atoms with Crippen molar-refractivity contribution < 1.29 is 18.8 Å². The average molecular weight is 402 g/mol. The van der Waals surface area contributed by atoms with Crippen molar-refractivity contribution in [1.29, 1.82) is 0 Å². The third kappa shape index (κ3) is 3.64. The predicted molar refractivity (Wildman–Crippen MR) is 104 cm³/mol. The number of hydrogen-bond donors (Lipinski definition) is 1. The van der Waals surface area contributed by atoms with Gasteiger partial charge in [-0.15, -0.1) is 0 Å². The average Bonchev–Trinajstić information content (AvgIpc) is 3.09. The number of carbonyl (C=O) groups is 1. The Balaban J connectivity index is 1.67. The standard InChI is InChI=1S/C18H15FN4O4S/c19-11-1-3-14-16(9-11)28-18(20-14)21-17(24)13-10-12(23(25)26)2-4-15(13)22-5-7-27-8-6-22/h1-4,9-10H,5-8H2,(H,20,21,24). The van der Waals surface area contributed by atoms with E-state index in [1.807, 2.05) is 4.90 Å². The first kappa shape index (κ1) is 18.3. The van der Waals surface area contributed by atoms with E-state index in [1.54, 1.807) is 6.07 Å². The molecule has 0 atom stereocenters. The lowest BCUT2D eigenvalue weighted by atomic mass is 10.1. The number of carbonyl (C=O) groups excluding carboxylic acids is 1. The maximum Gasteiger partial charge on any atom is 0.270 e. The molecule has 4 rings (SSSR count). The number of amides is 1. The Morgan fingerprint density at radius 2 is 2.04 bits per heavy atom. The summed E-state index contributed by atoms with van der Waals surface area (Å²) in [4.78, 5) is 29.7. The van der Waals surface area contributed by atoms with E-state index in [9.17, 15) is 19.3 Å². The number of aromatic nitrogens is 1. The maximum absolute atomic E-state index is 13.4. The van der Waals surface area contributed by atoms with Gasteiger partial charge in [0.05, 0.1) is 39.6 Å². The Morgan fingerprint density at radius 1 is 1.25 bits per heavy atom. The molecule has 1 aliphatic rings. The van der Waals surface area contributed by atoms with Crippen molar-refractivity contribution in [2.75, 3.05) is 36.5 Å². The summed E-state index contributed by atoms with van der Waals surface area (Å²) in [5, 5.41) is 14.1. The van der Waals surface area contributed by atoms with Gasteiger partial charge in [-0.3, -0.25) is 20.2 Å². The van der Waals surface area contributed by atoms with Crippen molar-refractivity contribution in [3.8, 4) is 0 Å². The molecule has 8 nitrogen and oxygen atoms in total. The number of nitrogens with one attached hydrogen (secondary N) is 1. The summed E-state index contributed by atoms with van der Waals surface area (Å²) in [5.74, 6) is -0.896. The highest BCUT2D eigenvalue weighted by molar-refractivity contribution is 7.22. The number of benzene rings is 2. The van der Waals surface area contributed by atoms with E-state index in [0.717, 1.165) is 11.3 Å². The predicted octanol–water partition coefficient (Wildman–Crippen LogP) is 3.43. The zero-order chi connectivity index (χ0) is 19.7. The van der Waals surface area contributed by atoms with Gasteiger partial charge >= 0.3 is 0 Å². The van der Waals surface area contributed by atoms with Crippen LogP contribution in [0.2, 0.25) is 0 Å². The fraction of sp³-hybridized carbons (Fsp3) is 0.222. The summed E-state index contributed by atoms with van der Waals surface area (Å²) in [6.45, 7) is 2.19. The molecule has 1 fully saturated rings.